The average molecular weight is 510 g/mol. The van der Waals surface area contributed by atoms with Crippen molar-refractivity contribution in [2.45, 2.75) is 72.6 Å². The van der Waals surface area contributed by atoms with E-state index in [0.29, 0.717) is 24.0 Å². The minimum atomic E-state index is -0.00814. The van der Waals surface area contributed by atoms with Gasteiger partial charge in [0.25, 0.3) is 0 Å². The molecule has 5 nitrogen and oxygen atoms in total. The molecule has 0 aliphatic carbocycles. The van der Waals surface area contributed by atoms with Gasteiger partial charge < -0.3 is 9.84 Å². The quantitative estimate of drug-likeness (QED) is 0.206. The number of aromatic nitrogens is 3. The molecule has 3 aromatic carbocycles. The topological polar surface area (TPSA) is 68.1 Å². The highest BCUT2D eigenvalue weighted by Gasteiger charge is 2.21. The van der Waals surface area contributed by atoms with Crippen molar-refractivity contribution in [2.24, 2.45) is 0 Å². The average Bonchev–Trinajstić information content (AvgIpc) is 2.88. The largest absolute Gasteiger partial charge is 0.508 e. The number of nitrogens with zero attached hydrogens (tertiary/aromatic N) is 3. The molecule has 4 rings (SSSR count). The molecule has 0 aliphatic rings. The maximum Gasteiger partial charge on any atom is 0.163 e. The Morgan fingerprint density at radius 3 is 1.92 bits per heavy atom. The molecule has 4 aromatic rings. The zero-order valence-electron chi connectivity index (χ0n) is 23.3. The number of hydrogen-bond acceptors (Lipinski definition) is 5. The van der Waals surface area contributed by atoms with Gasteiger partial charge in [-0.25, -0.2) is 15.0 Å². The van der Waals surface area contributed by atoms with Crippen LogP contribution < -0.4 is 4.74 Å². The van der Waals surface area contributed by atoms with Gasteiger partial charge in [-0.15, -0.1) is 0 Å². The van der Waals surface area contributed by atoms with Crippen molar-refractivity contribution in [1.29, 1.82) is 0 Å². The van der Waals surface area contributed by atoms with Crippen molar-refractivity contribution in [3.63, 3.8) is 0 Å². The summed E-state index contributed by atoms with van der Waals surface area (Å²) in [5.74, 6) is 2.96. The minimum absolute atomic E-state index is 0.00814. The van der Waals surface area contributed by atoms with Crippen LogP contribution in [0, 0.1) is 27.7 Å². The Morgan fingerprint density at radius 2 is 1.37 bits per heavy atom. The van der Waals surface area contributed by atoms with E-state index < -0.39 is 0 Å². The molecule has 5 heteroatoms. The van der Waals surface area contributed by atoms with E-state index in [0.717, 1.165) is 47.3 Å². The molecule has 0 saturated carbocycles. The molecule has 1 N–H and O–H groups in total. The normalized spacial score (nSPS) is 11.9. The van der Waals surface area contributed by atoms with Crippen LogP contribution in [0.3, 0.4) is 0 Å². The second-order valence-corrected chi connectivity index (χ2v) is 10.3. The number of aromatic hydroxyl groups is 1. The van der Waals surface area contributed by atoms with E-state index in [1.807, 2.05) is 6.07 Å². The summed E-state index contributed by atoms with van der Waals surface area (Å²) in [6.07, 6.45) is 5.55. The van der Waals surface area contributed by atoms with Gasteiger partial charge in [0.05, 0.1) is 12.5 Å². The number of phenolic OH excluding ortho intramolecular Hbond substituents is 1. The van der Waals surface area contributed by atoms with E-state index in [1.165, 1.54) is 24.0 Å². The van der Waals surface area contributed by atoms with Crippen LogP contribution in [-0.2, 0) is 0 Å². The Hall–Kier alpha value is -3.73. The molecule has 1 aromatic heterocycles. The van der Waals surface area contributed by atoms with Gasteiger partial charge in [0.2, 0.25) is 0 Å². The summed E-state index contributed by atoms with van der Waals surface area (Å²) in [6, 6.07) is 19.7. The van der Waals surface area contributed by atoms with Crippen LogP contribution in [0.15, 0.2) is 60.7 Å². The monoisotopic (exact) mass is 509 g/mol. The molecular weight excluding hydrogens is 470 g/mol. The third kappa shape index (κ3) is 6.97. The van der Waals surface area contributed by atoms with Gasteiger partial charge in [-0.2, -0.15) is 0 Å². The zero-order chi connectivity index (χ0) is 27.1. The van der Waals surface area contributed by atoms with Gasteiger partial charge in [-0.05, 0) is 57.4 Å². The lowest BCUT2D eigenvalue weighted by Gasteiger charge is -2.19. The Labute approximate surface area is 227 Å². The number of rotatable bonds is 11. The predicted molar refractivity (Wildman–Crippen MR) is 155 cm³/mol. The summed E-state index contributed by atoms with van der Waals surface area (Å²) in [5, 5.41) is 9.90. The van der Waals surface area contributed by atoms with Crippen molar-refractivity contribution < 1.29 is 9.84 Å². The van der Waals surface area contributed by atoms with Gasteiger partial charge in [-0.3, -0.25) is 0 Å². The molecule has 0 saturated heterocycles. The molecule has 0 bridgehead atoms. The predicted octanol–water partition coefficient (Wildman–Crippen LogP) is 8.28. The van der Waals surface area contributed by atoms with Crippen molar-refractivity contribution in [3.05, 3.63) is 88.7 Å². The van der Waals surface area contributed by atoms with Crippen LogP contribution in [0.1, 0.15) is 73.0 Å². The van der Waals surface area contributed by atoms with Crippen LogP contribution in [-0.4, -0.2) is 26.7 Å². The first-order valence-corrected chi connectivity index (χ1v) is 13.7. The summed E-state index contributed by atoms with van der Waals surface area (Å²) >= 11 is 0. The fourth-order valence-corrected chi connectivity index (χ4v) is 4.82. The molecule has 1 atom stereocenters. The zero-order valence-corrected chi connectivity index (χ0v) is 23.3. The van der Waals surface area contributed by atoms with Crippen molar-refractivity contribution in [1.82, 2.24) is 15.0 Å². The molecule has 0 spiro atoms. The summed E-state index contributed by atoms with van der Waals surface area (Å²) in [6.45, 7) is 11.1. The lowest BCUT2D eigenvalue weighted by molar-refractivity contribution is 0.272. The highest BCUT2D eigenvalue weighted by Crippen LogP contribution is 2.30. The highest BCUT2D eigenvalue weighted by atomic mass is 16.5. The first kappa shape index (κ1) is 27.3. The molecular formula is C33H39N3O2. The molecule has 198 valence electrons. The highest BCUT2D eigenvalue weighted by molar-refractivity contribution is 5.66. The standard InChI is InChI=1S/C33H39N3O2/c1-6-7-8-9-11-26(21-38-28-13-10-12-27(37)20-28)31-34-32(29-16-14-22(2)18-24(29)4)36-33(35-31)30-17-15-23(3)19-25(30)5/h10,12-20,26,37H,6-9,11,21H2,1-5H3. The van der Waals surface area contributed by atoms with Crippen LogP contribution >= 0.6 is 0 Å². The van der Waals surface area contributed by atoms with Crippen molar-refractivity contribution >= 4 is 0 Å². The Morgan fingerprint density at radius 1 is 0.737 bits per heavy atom. The Bertz CT molecular complexity index is 1310. The van der Waals surface area contributed by atoms with E-state index >= 15 is 0 Å². The van der Waals surface area contributed by atoms with Gasteiger partial charge in [0.15, 0.2) is 11.6 Å². The maximum absolute atomic E-state index is 9.90. The number of hydrogen-bond donors (Lipinski definition) is 1. The van der Waals surface area contributed by atoms with E-state index in [1.54, 1.807) is 18.2 Å². The van der Waals surface area contributed by atoms with Crippen LogP contribution in [0.2, 0.25) is 0 Å². The molecule has 0 fully saturated rings. The molecule has 0 radical (unpaired) electrons. The molecule has 0 amide bonds. The third-order valence-electron chi connectivity index (χ3n) is 6.94. The first-order chi connectivity index (χ1) is 18.3. The van der Waals surface area contributed by atoms with E-state index in [-0.39, 0.29) is 11.7 Å². The summed E-state index contributed by atoms with van der Waals surface area (Å²) in [7, 11) is 0. The van der Waals surface area contributed by atoms with Crippen LogP contribution in [0.5, 0.6) is 11.5 Å². The molecule has 0 aliphatic heterocycles. The second-order valence-electron chi connectivity index (χ2n) is 10.3. The SMILES string of the molecule is CCCCCCC(COc1cccc(O)c1)c1nc(-c2ccc(C)cc2C)nc(-c2ccc(C)cc2C)n1. The summed E-state index contributed by atoms with van der Waals surface area (Å²) in [5.41, 5.74) is 6.74. The third-order valence-corrected chi connectivity index (χ3v) is 6.94. The van der Waals surface area contributed by atoms with Crippen molar-refractivity contribution in [2.75, 3.05) is 6.61 Å². The van der Waals surface area contributed by atoms with Crippen molar-refractivity contribution in [3.8, 4) is 34.3 Å². The second kappa shape index (κ2) is 12.7. The maximum atomic E-state index is 9.90. The Balaban J connectivity index is 1.78. The molecule has 1 unspecified atom stereocenters. The number of benzene rings is 3. The lowest BCUT2D eigenvalue weighted by Crippen LogP contribution is -2.16. The Kier molecular flexibility index (Phi) is 9.11. The molecule has 38 heavy (non-hydrogen) atoms. The van der Waals surface area contributed by atoms with Crippen LogP contribution in [0.25, 0.3) is 22.8 Å². The lowest BCUT2D eigenvalue weighted by atomic mass is 9.99. The van der Waals surface area contributed by atoms with Gasteiger partial charge >= 0.3 is 0 Å². The van der Waals surface area contributed by atoms with Crippen LogP contribution in [0.4, 0.5) is 0 Å². The van der Waals surface area contributed by atoms with Gasteiger partial charge in [0.1, 0.15) is 17.3 Å². The van der Waals surface area contributed by atoms with Gasteiger partial charge in [-0.1, -0.05) is 86.2 Å². The fraction of sp³-hybridized carbons (Fsp3) is 0.364. The minimum Gasteiger partial charge on any atom is -0.508 e. The molecule has 1 heterocycles. The summed E-state index contributed by atoms with van der Waals surface area (Å²) in [4.78, 5) is 15.1. The first-order valence-electron chi connectivity index (χ1n) is 13.7. The summed E-state index contributed by atoms with van der Waals surface area (Å²) < 4.78 is 6.17. The van der Waals surface area contributed by atoms with E-state index in [4.69, 9.17) is 19.7 Å². The smallest absolute Gasteiger partial charge is 0.163 e. The number of ether oxygens (including phenoxy) is 1. The van der Waals surface area contributed by atoms with Gasteiger partial charge in [0, 0.05) is 17.2 Å². The van der Waals surface area contributed by atoms with E-state index in [9.17, 15) is 5.11 Å². The number of unbranched alkanes of at least 4 members (excludes halogenated alkanes) is 3. The fourth-order valence-electron chi connectivity index (χ4n) is 4.82. The number of aryl methyl sites for hydroxylation is 4. The number of phenols is 1. The van der Waals surface area contributed by atoms with E-state index in [2.05, 4.69) is 71.0 Å².